The maximum atomic E-state index is 12.9. The molecule has 0 aliphatic carbocycles. The van der Waals surface area contributed by atoms with E-state index in [1.807, 2.05) is 13.8 Å². The Kier molecular flexibility index (Phi) is 9.63. The van der Waals surface area contributed by atoms with Crippen LogP contribution in [0.2, 0.25) is 0 Å². The molecule has 3 atom stereocenters. The highest BCUT2D eigenvalue weighted by Crippen LogP contribution is 2.09. The van der Waals surface area contributed by atoms with Crippen LogP contribution in [-0.2, 0) is 32.1 Å². The molecule has 4 amide bonds. The Morgan fingerprint density at radius 2 is 2.00 bits per heavy atom. The van der Waals surface area contributed by atoms with Crippen LogP contribution in [-0.4, -0.2) is 73.7 Å². The highest BCUT2D eigenvalue weighted by molar-refractivity contribution is 7.96. The number of fused-ring (bicyclic) bond motifs is 2. The third kappa shape index (κ3) is 8.71. The third-order valence-corrected chi connectivity index (χ3v) is 5.20. The molecule has 2 rings (SSSR count). The molecule has 182 valence electrons. The van der Waals surface area contributed by atoms with Crippen molar-refractivity contribution in [2.75, 3.05) is 6.54 Å². The maximum Gasteiger partial charge on any atom is 0.405 e. The van der Waals surface area contributed by atoms with Crippen LogP contribution in [0.4, 0.5) is 4.79 Å². The number of carbonyl (C=O) groups is 5. The molecule has 2 bridgehead atoms. The molecule has 1 aliphatic rings. The Labute approximate surface area is 195 Å². The molecule has 33 heavy (non-hydrogen) atoms. The van der Waals surface area contributed by atoms with E-state index >= 15 is 0 Å². The second kappa shape index (κ2) is 12.2. The number of hydrogen-bond acceptors (Lipinski definition) is 7. The number of nitrogens with one attached hydrogen (secondary N) is 4. The first-order valence-corrected chi connectivity index (χ1v) is 11.0. The Hall–Kier alpha value is -3.16. The van der Waals surface area contributed by atoms with Gasteiger partial charge in [0.05, 0.1) is 18.3 Å². The predicted molar refractivity (Wildman–Crippen MR) is 118 cm³/mol. The van der Waals surface area contributed by atoms with Crippen LogP contribution in [0.1, 0.15) is 38.8 Å². The van der Waals surface area contributed by atoms with Gasteiger partial charge in [-0.15, -0.1) is 17.7 Å². The molecule has 0 radical (unpaired) electrons. The lowest BCUT2D eigenvalue weighted by atomic mass is 10.0. The average molecular weight is 484 g/mol. The molecular formula is C19H29N7O6S. The van der Waals surface area contributed by atoms with Gasteiger partial charge < -0.3 is 26.4 Å². The van der Waals surface area contributed by atoms with Crippen LogP contribution in [0.25, 0.3) is 0 Å². The standard InChI is InChI=1S/C19H29N7O6S/c1-10(2)7-13-16(28)21-12(18(30)33)3-4-15(27)20-5-6-26-9-11(24-25-26)8-14(17(29)22-13)23-19(31)32/h9-10,12-14,23H,3-8H2,1-2H3,(H,20,27)(H,21,28)(H,22,29)(H,30,33)(H,31,32)/t12-,13-,14-/m0/s1. The quantitative estimate of drug-likeness (QED) is 0.290. The van der Waals surface area contributed by atoms with Gasteiger partial charge in [0.1, 0.15) is 12.1 Å². The highest BCUT2D eigenvalue weighted by Gasteiger charge is 2.30. The van der Waals surface area contributed by atoms with Gasteiger partial charge in [-0.05, 0) is 18.8 Å². The van der Waals surface area contributed by atoms with Gasteiger partial charge in [0.15, 0.2) is 0 Å². The average Bonchev–Trinajstić information content (AvgIpc) is 3.15. The van der Waals surface area contributed by atoms with E-state index in [1.54, 1.807) is 6.20 Å². The van der Waals surface area contributed by atoms with Gasteiger partial charge in [-0.25, -0.2) is 4.79 Å². The zero-order valence-electron chi connectivity index (χ0n) is 18.4. The molecule has 13 nitrogen and oxygen atoms in total. The summed E-state index contributed by atoms with van der Waals surface area (Å²) in [7, 11) is 0. The number of rotatable bonds is 4. The minimum Gasteiger partial charge on any atom is -0.465 e. The molecule has 0 spiro atoms. The Bertz CT molecular complexity index is 890. The summed E-state index contributed by atoms with van der Waals surface area (Å²) in [6.07, 6.45) is 0.272. The Morgan fingerprint density at radius 3 is 2.64 bits per heavy atom. The second-order valence-corrected chi connectivity index (χ2v) is 8.60. The molecule has 0 saturated carbocycles. The van der Waals surface area contributed by atoms with E-state index in [4.69, 9.17) is 5.11 Å². The normalized spacial score (nSPS) is 23.2. The van der Waals surface area contributed by atoms with Crippen molar-refractivity contribution in [1.82, 2.24) is 36.3 Å². The molecule has 0 aromatic carbocycles. The topological polar surface area (TPSA) is 184 Å². The van der Waals surface area contributed by atoms with Crippen molar-refractivity contribution < 1.29 is 29.1 Å². The number of carboxylic acid groups (broad SMARTS) is 1. The van der Waals surface area contributed by atoms with Crippen molar-refractivity contribution in [1.29, 1.82) is 0 Å². The van der Waals surface area contributed by atoms with Crippen molar-refractivity contribution in [2.24, 2.45) is 5.92 Å². The number of nitrogens with zero attached hydrogens (tertiary/aromatic N) is 3. The zero-order chi connectivity index (χ0) is 24.5. The third-order valence-electron chi connectivity index (χ3n) is 4.89. The van der Waals surface area contributed by atoms with E-state index < -0.39 is 41.1 Å². The second-order valence-electron chi connectivity index (χ2n) is 8.16. The van der Waals surface area contributed by atoms with Crippen LogP contribution in [0, 0.1) is 5.92 Å². The van der Waals surface area contributed by atoms with Crippen molar-refractivity contribution in [3.8, 4) is 0 Å². The van der Waals surface area contributed by atoms with Gasteiger partial charge in [-0.2, -0.15) is 0 Å². The summed E-state index contributed by atoms with van der Waals surface area (Å²) in [6, 6.07) is -3.29. The zero-order valence-corrected chi connectivity index (χ0v) is 19.3. The van der Waals surface area contributed by atoms with E-state index in [0.717, 1.165) is 0 Å². The molecular weight excluding hydrogens is 454 g/mol. The molecule has 0 saturated heterocycles. The summed E-state index contributed by atoms with van der Waals surface area (Å²) in [4.78, 5) is 61.1. The van der Waals surface area contributed by atoms with Gasteiger partial charge in [0.2, 0.25) is 22.8 Å². The molecule has 5 N–H and O–H groups in total. The van der Waals surface area contributed by atoms with Gasteiger partial charge in [-0.3, -0.25) is 23.9 Å². The first-order chi connectivity index (χ1) is 15.5. The number of thiol groups is 1. The minimum atomic E-state index is -1.42. The van der Waals surface area contributed by atoms with Crippen LogP contribution < -0.4 is 21.3 Å². The van der Waals surface area contributed by atoms with E-state index in [9.17, 15) is 24.0 Å². The molecule has 1 aromatic rings. The summed E-state index contributed by atoms with van der Waals surface area (Å²) in [5, 5.41) is 26.3. The molecule has 2 heterocycles. The first kappa shape index (κ1) is 26.1. The summed E-state index contributed by atoms with van der Waals surface area (Å²) in [6.45, 7) is 4.23. The number of amides is 4. The van der Waals surface area contributed by atoms with Gasteiger partial charge >= 0.3 is 6.09 Å². The largest absolute Gasteiger partial charge is 0.465 e. The monoisotopic (exact) mass is 483 g/mol. The smallest absolute Gasteiger partial charge is 0.405 e. The predicted octanol–water partition coefficient (Wildman–Crippen LogP) is -1.16. The van der Waals surface area contributed by atoms with Gasteiger partial charge in [-0.1, -0.05) is 19.1 Å². The lowest BCUT2D eigenvalue weighted by molar-refractivity contribution is -0.131. The molecule has 0 unspecified atom stereocenters. The van der Waals surface area contributed by atoms with E-state index in [-0.39, 0.29) is 44.1 Å². The summed E-state index contributed by atoms with van der Waals surface area (Å²) in [5.74, 6) is -1.67. The molecule has 1 aromatic heterocycles. The maximum absolute atomic E-state index is 12.9. The van der Waals surface area contributed by atoms with Crippen molar-refractivity contribution >= 4 is 41.6 Å². The van der Waals surface area contributed by atoms with Gasteiger partial charge in [0, 0.05) is 25.6 Å². The molecule has 0 fully saturated rings. The molecule has 14 heteroatoms. The fourth-order valence-electron chi connectivity index (χ4n) is 3.29. The number of aromatic nitrogens is 3. The van der Waals surface area contributed by atoms with Crippen molar-refractivity contribution in [3.05, 3.63) is 11.9 Å². The fraction of sp³-hybridized carbons (Fsp3) is 0.632. The summed E-state index contributed by atoms with van der Waals surface area (Å²) < 4.78 is 1.45. The fourth-order valence-corrected chi connectivity index (χ4v) is 3.48. The lowest BCUT2D eigenvalue weighted by Crippen LogP contribution is -2.56. The Balaban J connectivity index is 2.32. The van der Waals surface area contributed by atoms with Crippen LogP contribution in [0.5, 0.6) is 0 Å². The SMILES string of the molecule is CC(C)C[C@@H]1NC(=O)[C@@H](NC(=O)O)Cc2cn(nn2)CCNC(=O)CC[C@@H](C(=O)S)NC1=O. The van der Waals surface area contributed by atoms with Crippen LogP contribution in [0.15, 0.2) is 6.20 Å². The number of carbonyl (C=O) groups excluding carboxylic acids is 4. The highest BCUT2D eigenvalue weighted by atomic mass is 32.1. The van der Waals surface area contributed by atoms with E-state index in [2.05, 4.69) is 44.2 Å². The van der Waals surface area contributed by atoms with Gasteiger partial charge in [0.25, 0.3) is 0 Å². The van der Waals surface area contributed by atoms with E-state index in [1.165, 1.54) is 4.68 Å². The van der Waals surface area contributed by atoms with E-state index in [0.29, 0.717) is 12.2 Å². The van der Waals surface area contributed by atoms with Crippen molar-refractivity contribution in [3.63, 3.8) is 0 Å². The summed E-state index contributed by atoms with van der Waals surface area (Å²) in [5.41, 5.74) is 0.352. The summed E-state index contributed by atoms with van der Waals surface area (Å²) >= 11 is 3.80. The lowest BCUT2D eigenvalue weighted by Gasteiger charge is -2.25. The van der Waals surface area contributed by atoms with Crippen LogP contribution >= 0.6 is 12.6 Å². The minimum absolute atomic E-state index is 0.00290. The van der Waals surface area contributed by atoms with Crippen molar-refractivity contribution in [2.45, 2.75) is 64.2 Å². The van der Waals surface area contributed by atoms with Crippen LogP contribution in [0.3, 0.4) is 0 Å². The first-order valence-electron chi connectivity index (χ1n) is 10.5. The number of hydrogen-bond donors (Lipinski definition) is 6. The Morgan fingerprint density at radius 1 is 1.27 bits per heavy atom. The molecule has 1 aliphatic heterocycles.